The highest BCUT2D eigenvalue weighted by atomic mass is 32.2. The fraction of sp³-hybridized carbons (Fsp3) is 0.842. The standard InChI is InChI=1S/C57H96N6O11S6/c1-8-29-58-50(75)72-44(38-78-47(64)41-22-16-13-17-23-41)35-61-53(67)62(55(69)63(54(61)68)37-46(74-52(77)60-57(7,11-4)12-5)40-80-49(66)43-26-20-15-21-27-43)36-45(39-79-48(65)42-24-18-14-19-25-42)73-51(76)59-30-32-71-34-33-70-31-28-56(6,9-2)10-3/h41-46H,8-40H2,1-7H3,(H,58,75)(H,59,76)(H,60,77). The topological polar surface area (TPSA) is 199 Å². The first-order chi connectivity index (χ1) is 38.4. The molecule has 0 spiro atoms. The number of hydrogen-bond acceptors (Lipinski definition) is 17. The summed E-state index contributed by atoms with van der Waals surface area (Å²) in [7, 11) is 0. The molecule has 456 valence electrons. The smallest absolute Gasteiger partial charge is 0.336 e. The molecule has 0 bridgehead atoms. The van der Waals surface area contributed by atoms with Gasteiger partial charge in [-0.15, -0.1) is 0 Å². The number of aromatic nitrogens is 3. The summed E-state index contributed by atoms with van der Waals surface area (Å²) in [5, 5.41) is 9.50. The van der Waals surface area contributed by atoms with Crippen molar-refractivity contribution in [3.8, 4) is 0 Å². The van der Waals surface area contributed by atoms with Gasteiger partial charge in [0.15, 0.2) is 15.3 Å². The minimum Gasteiger partial charge on any atom is -0.465 e. The Hall–Kier alpha value is -2.54. The van der Waals surface area contributed by atoms with Crippen LogP contribution in [0.3, 0.4) is 0 Å². The van der Waals surface area contributed by atoms with Crippen molar-refractivity contribution in [2.24, 2.45) is 23.2 Å². The van der Waals surface area contributed by atoms with Crippen molar-refractivity contribution in [2.45, 2.75) is 227 Å². The van der Waals surface area contributed by atoms with Gasteiger partial charge in [0, 0.05) is 60.2 Å². The third-order valence-corrected chi connectivity index (χ3v) is 20.5. The molecule has 3 unspecified atom stereocenters. The fourth-order valence-corrected chi connectivity index (χ4v) is 13.8. The molecule has 0 aliphatic heterocycles. The number of hydrogen-bond donors (Lipinski definition) is 3. The number of carbonyl (C=O) groups excluding carboxylic acids is 3. The second kappa shape index (κ2) is 37.7. The first kappa shape index (κ1) is 69.9. The van der Waals surface area contributed by atoms with Crippen LogP contribution in [-0.4, -0.2) is 125 Å². The van der Waals surface area contributed by atoms with Crippen molar-refractivity contribution in [1.82, 2.24) is 29.7 Å². The summed E-state index contributed by atoms with van der Waals surface area (Å²) >= 11 is 20.3. The van der Waals surface area contributed by atoms with Gasteiger partial charge in [0.2, 0.25) is 0 Å². The van der Waals surface area contributed by atoms with Crippen LogP contribution in [0.2, 0.25) is 0 Å². The van der Waals surface area contributed by atoms with Crippen molar-refractivity contribution in [2.75, 3.05) is 56.8 Å². The predicted molar refractivity (Wildman–Crippen MR) is 337 cm³/mol. The van der Waals surface area contributed by atoms with E-state index in [-0.39, 0.29) is 97.5 Å². The van der Waals surface area contributed by atoms with Gasteiger partial charge in [0.25, 0.3) is 15.5 Å². The van der Waals surface area contributed by atoms with E-state index in [0.717, 1.165) is 184 Å². The van der Waals surface area contributed by atoms with Crippen LogP contribution in [0, 0.1) is 23.2 Å². The lowest BCUT2D eigenvalue weighted by Gasteiger charge is -2.31. The van der Waals surface area contributed by atoms with Gasteiger partial charge >= 0.3 is 17.1 Å². The zero-order chi connectivity index (χ0) is 58.5. The van der Waals surface area contributed by atoms with Gasteiger partial charge in [-0.2, -0.15) is 0 Å². The maximum Gasteiger partial charge on any atom is 0.336 e. The van der Waals surface area contributed by atoms with Crippen molar-refractivity contribution < 1.29 is 38.1 Å². The molecule has 23 heteroatoms. The molecule has 0 saturated heterocycles. The Morgan fingerprint density at radius 1 is 0.512 bits per heavy atom. The highest BCUT2D eigenvalue weighted by Crippen LogP contribution is 2.32. The zero-order valence-corrected chi connectivity index (χ0v) is 54.0. The molecule has 3 aliphatic rings. The fourth-order valence-electron chi connectivity index (χ4n) is 9.96. The number of rotatable bonds is 34. The van der Waals surface area contributed by atoms with Gasteiger partial charge < -0.3 is 39.6 Å². The van der Waals surface area contributed by atoms with Gasteiger partial charge in [0.1, 0.15) is 18.3 Å². The summed E-state index contributed by atoms with van der Waals surface area (Å²) in [6.07, 6.45) is 16.1. The molecule has 4 rings (SSSR count). The lowest BCUT2D eigenvalue weighted by Crippen LogP contribution is -2.58. The third-order valence-electron chi connectivity index (χ3n) is 16.3. The van der Waals surface area contributed by atoms with E-state index in [4.69, 9.17) is 60.3 Å². The van der Waals surface area contributed by atoms with E-state index >= 15 is 14.4 Å². The Morgan fingerprint density at radius 3 is 1.21 bits per heavy atom. The summed E-state index contributed by atoms with van der Waals surface area (Å²) in [5.74, 6) is -0.205. The molecule has 0 radical (unpaired) electrons. The number of thioether (sulfide) groups is 3. The molecular weight excluding hydrogens is 1140 g/mol. The molecular formula is C57H96N6O11S6. The number of ether oxygens (including phenoxy) is 5. The molecule has 3 fully saturated rings. The summed E-state index contributed by atoms with van der Waals surface area (Å²) < 4.78 is 33.4. The van der Waals surface area contributed by atoms with Crippen LogP contribution in [0.5, 0.6) is 0 Å². The lowest BCUT2D eigenvalue weighted by molar-refractivity contribution is -0.115. The molecule has 1 aromatic heterocycles. The van der Waals surface area contributed by atoms with Crippen LogP contribution in [0.25, 0.3) is 0 Å². The average molecular weight is 1230 g/mol. The number of nitrogens with zero attached hydrogens (tertiary/aromatic N) is 3. The van der Waals surface area contributed by atoms with Crippen LogP contribution in [0.15, 0.2) is 14.4 Å². The summed E-state index contributed by atoms with van der Waals surface area (Å²) in [6, 6.07) is 0. The molecule has 3 atom stereocenters. The monoisotopic (exact) mass is 1230 g/mol. The van der Waals surface area contributed by atoms with E-state index in [1.54, 1.807) is 0 Å². The minimum atomic E-state index is -1.02. The Kier molecular flexibility index (Phi) is 33.0. The molecule has 3 N–H and O–H groups in total. The van der Waals surface area contributed by atoms with E-state index in [1.807, 2.05) is 27.7 Å². The van der Waals surface area contributed by atoms with E-state index in [9.17, 15) is 14.4 Å². The van der Waals surface area contributed by atoms with E-state index in [2.05, 4.69) is 36.7 Å². The molecule has 17 nitrogen and oxygen atoms in total. The predicted octanol–water partition coefficient (Wildman–Crippen LogP) is 9.71. The maximum absolute atomic E-state index is 15.1. The minimum absolute atomic E-state index is 0.00320. The second-order valence-corrected chi connectivity index (χ2v) is 26.6. The molecule has 0 aromatic carbocycles. The Bertz CT molecular complexity index is 2270. The molecule has 1 heterocycles. The van der Waals surface area contributed by atoms with Crippen LogP contribution in [0.4, 0.5) is 0 Å². The largest absolute Gasteiger partial charge is 0.465 e. The van der Waals surface area contributed by atoms with E-state index < -0.39 is 47.5 Å². The van der Waals surface area contributed by atoms with Gasteiger partial charge in [-0.05, 0) is 113 Å². The number of nitrogens with one attached hydrogen (secondary N) is 3. The normalized spacial score (nSPS) is 17.0. The molecule has 1 aromatic rings. The van der Waals surface area contributed by atoms with Gasteiger partial charge in [-0.1, -0.05) is 147 Å². The molecule has 3 saturated carbocycles. The van der Waals surface area contributed by atoms with Crippen molar-refractivity contribution in [3.05, 3.63) is 31.5 Å². The maximum atomic E-state index is 15.1. The van der Waals surface area contributed by atoms with Crippen molar-refractivity contribution in [1.29, 1.82) is 0 Å². The van der Waals surface area contributed by atoms with Gasteiger partial charge in [-0.3, -0.25) is 14.4 Å². The van der Waals surface area contributed by atoms with Gasteiger partial charge in [0.05, 0.1) is 39.5 Å². The van der Waals surface area contributed by atoms with Crippen LogP contribution in [0.1, 0.15) is 183 Å². The molecule has 80 heavy (non-hydrogen) atoms. The average Bonchev–Trinajstić information content (AvgIpc) is 3.51. The van der Waals surface area contributed by atoms with E-state index in [1.165, 1.54) is 0 Å². The second-order valence-electron chi connectivity index (χ2n) is 22.4. The van der Waals surface area contributed by atoms with E-state index in [0.29, 0.717) is 26.4 Å². The first-order valence-electron chi connectivity index (χ1n) is 29.9. The van der Waals surface area contributed by atoms with Crippen molar-refractivity contribution >= 4 is 103 Å². The molecule has 3 aliphatic carbocycles. The highest BCUT2D eigenvalue weighted by molar-refractivity contribution is 8.14. The lowest BCUT2D eigenvalue weighted by atomic mass is 9.82. The van der Waals surface area contributed by atoms with Crippen molar-refractivity contribution in [3.63, 3.8) is 0 Å². The first-order valence-corrected chi connectivity index (χ1v) is 34.0. The Morgan fingerprint density at radius 2 is 0.863 bits per heavy atom. The molecule has 0 amide bonds. The summed E-state index contributed by atoms with van der Waals surface area (Å²) in [4.78, 5) is 86.3. The summed E-state index contributed by atoms with van der Waals surface area (Å²) in [6.45, 7) is 16.1. The quantitative estimate of drug-likeness (QED) is 0.0435. The van der Waals surface area contributed by atoms with Gasteiger partial charge in [-0.25, -0.2) is 28.1 Å². The number of carbonyl (C=O) groups is 3. The Balaban J connectivity index is 1.73. The highest BCUT2D eigenvalue weighted by Gasteiger charge is 2.32. The third kappa shape index (κ3) is 24.6. The zero-order valence-electron chi connectivity index (χ0n) is 49.1. The Labute approximate surface area is 505 Å². The van der Waals surface area contributed by atoms with Crippen LogP contribution in [-0.2, 0) is 57.7 Å². The SMILES string of the molecule is CCCNC(=S)OC(CSC(=O)C1CCCCC1)Cn1c(=O)n(CC(CSC(=O)C2CCCCC2)OC(=S)NCCOCCOCCC(C)(CC)CC)c(=O)n(CC(CSC(=O)C2CCCCC2)OC(=S)NC(C)(CC)CC)c1=O. The van der Waals surface area contributed by atoms with Crippen LogP contribution >= 0.6 is 71.9 Å². The van der Waals surface area contributed by atoms with Crippen LogP contribution < -0.4 is 33.0 Å². The summed E-state index contributed by atoms with van der Waals surface area (Å²) in [5.41, 5.74) is -3.04. The number of thiocarbonyl (C=S) groups is 3.